The summed E-state index contributed by atoms with van der Waals surface area (Å²) in [7, 11) is 3.00. The van der Waals surface area contributed by atoms with Crippen LogP contribution in [-0.2, 0) is 6.42 Å². The second-order valence-electron chi connectivity index (χ2n) is 8.83. The zero-order valence-corrected chi connectivity index (χ0v) is 20.0. The standard InChI is InChI=1S/C27H28O7/c1-8-27(4,5)34-26-21(30-6)9-15(10-22(26)31-7)17-13-32-20-12-19-16(11-18(33-19)14(2)3)24(28)23(20)25(17)29/h8-10,12-13,18,28H,1-2,11H2,3-7H3/t18-/m0/s1. The predicted molar refractivity (Wildman–Crippen MR) is 131 cm³/mol. The Kier molecular flexibility index (Phi) is 5.81. The summed E-state index contributed by atoms with van der Waals surface area (Å²) in [6.45, 7) is 13.3. The Balaban J connectivity index is 1.88. The van der Waals surface area contributed by atoms with Gasteiger partial charge in [0.05, 0.1) is 19.8 Å². The molecule has 0 saturated carbocycles. The third-order valence-electron chi connectivity index (χ3n) is 5.94. The molecule has 0 radical (unpaired) electrons. The smallest absolute Gasteiger partial charge is 0.204 e. The van der Waals surface area contributed by atoms with Crippen LogP contribution in [0, 0.1) is 0 Å². The summed E-state index contributed by atoms with van der Waals surface area (Å²) in [5, 5.41) is 11.1. The van der Waals surface area contributed by atoms with Gasteiger partial charge in [-0.3, -0.25) is 4.79 Å². The van der Waals surface area contributed by atoms with Crippen LogP contribution in [0.1, 0.15) is 26.3 Å². The Hall–Kier alpha value is -3.87. The summed E-state index contributed by atoms with van der Waals surface area (Å²) < 4.78 is 28.8. The number of fused-ring (bicyclic) bond motifs is 2. The maximum Gasteiger partial charge on any atom is 0.204 e. The van der Waals surface area contributed by atoms with Gasteiger partial charge in [-0.15, -0.1) is 0 Å². The van der Waals surface area contributed by atoms with Gasteiger partial charge in [0.15, 0.2) is 11.5 Å². The molecule has 0 fully saturated rings. The monoisotopic (exact) mass is 464 g/mol. The normalized spacial score (nSPS) is 14.9. The van der Waals surface area contributed by atoms with E-state index in [0.29, 0.717) is 40.5 Å². The highest BCUT2D eigenvalue weighted by molar-refractivity contribution is 5.90. The van der Waals surface area contributed by atoms with Crippen LogP contribution in [-0.4, -0.2) is 31.0 Å². The van der Waals surface area contributed by atoms with Gasteiger partial charge in [0.2, 0.25) is 11.2 Å². The minimum Gasteiger partial charge on any atom is -0.507 e. The van der Waals surface area contributed by atoms with Crippen LogP contribution in [0.5, 0.6) is 28.7 Å². The molecule has 1 aromatic heterocycles. The molecule has 7 heteroatoms. The molecule has 34 heavy (non-hydrogen) atoms. The molecule has 1 N–H and O–H groups in total. The molecule has 0 saturated heterocycles. The molecule has 1 aliphatic rings. The maximum atomic E-state index is 13.5. The van der Waals surface area contributed by atoms with E-state index in [9.17, 15) is 9.90 Å². The highest BCUT2D eigenvalue weighted by Gasteiger charge is 2.30. The summed E-state index contributed by atoms with van der Waals surface area (Å²) in [5.74, 6) is 1.48. The van der Waals surface area contributed by atoms with Crippen molar-refractivity contribution in [2.75, 3.05) is 14.2 Å². The van der Waals surface area contributed by atoms with Crippen LogP contribution >= 0.6 is 0 Å². The Morgan fingerprint density at radius 3 is 2.41 bits per heavy atom. The molecule has 0 bridgehead atoms. The first-order valence-electron chi connectivity index (χ1n) is 10.8. The lowest BCUT2D eigenvalue weighted by molar-refractivity contribution is 0.149. The van der Waals surface area contributed by atoms with E-state index in [0.717, 1.165) is 5.57 Å². The van der Waals surface area contributed by atoms with Crippen molar-refractivity contribution >= 4 is 11.0 Å². The Morgan fingerprint density at radius 2 is 1.85 bits per heavy atom. The van der Waals surface area contributed by atoms with E-state index in [1.165, 1.54) is 20.5 Å². The molecule has 178 valence electrons. The second-order valence-corrected chi connectivity index (χ2v) is 8.83. The fourth-order valence-corrected chi connectivity index (χ4v) is 3.88. The molecule has 0 spiro atoms. The van der Waals surface area contributed by atoms with E-state index in [4.69, 9.17) is 23.4 Å². The van der Waals surface area contributed by atoms with E-state index in [1.54, 1.807) is 24.3 Å². The van der Waals surface area contributed by atoms with Crippen molar-refractivity contribution in [2.24, 2.45) is 0 Å². The summed E-state index contributed by atoms with van der Waals surface area (Å²) >= 11 is 0. The zero-order valence-electron chi connectivity index (χ0n) is 20.0. The van der Waals surface area contributed by atoms with Crippen molar-refractivity contribution in [3.05, 3.63) is 65.1 Å². The molecule has 1 atom stereocenters. The van der Waals surface area contributed by atoms with Crippen molar-refractivity contribution in [2.45, 2.75) is 38.9 Å². The van der Waals surface area contributed by atoms with Crippen LogP contribution in [0.4, 0.5) is 0 Å². The van der Waals surface area contributed by atoms with Gasteiger partial charge in [0.25, 0.3) is 0 Å². The lowest BCUT2D eigenvalue weighted by Gasteiger charge is -2.25. The number of hydrogen-bond donors (Lipinski definition) is 1. The van der Waals surface area contributed by atoms with Crippen molar-refractivity contribution in [3.8, 4) is 39.9 Å². The molecular weight excluding hydrogens is 436 g/mol. The quantitative estimate of drug-likeness (QED) is 0.468. The van der Waals surface area contributed by atoms with E-state index in [-0.39, 0.29) is 33.8 Å². The number of ether oxygens (including phenoxy) is 4. The Labute approximate surface area is 197 Å². The van der Waals surface area contributed by atoms with Gasteiger partial charge < -0.3 is 28.5 Å². The molecule has 2 aromatic carbocycles. The van der Waals surface area contributed by atoms with Crippen molar-refractivity contribution in [3.63, 3.8) is 0 Å². The van der Waals surface area contributed by atoms with Crippen LogP contribution < -0.4 is 24.4 Å². The Bertz CT molecular complexity index is 1340. The van der Waals surface area contributed by atoms with Gasteiger partial charge in [-0.2, -0.15) is 0 Å². The largest absolute Gasteiger partial charge is 0.507 e. The topological polar surface area (TPSA) is 87.4 Å². The summed E-state index contributed by atoms with van der Waals surface area (Å²) in [6.07, 6.45) is 3.20. The van der Waals surface area contributed by atoms with E-state index < -0.39 is 5.60 Å². The van der Waals surface area contributed by atoms with Gasteiger partial charge in [0.1, 0.15) is 40.4 Å². The first-order chi connectivity index (χ1) is 16.1. The summed E-state index contributed by atoms with van der Waals surface area (Å²) in [6, 6.07) is 4.97. The van der Waals surface area contributed by atoms with Crippen molar-refractivity contribution in [1.82, 2.24) is 0 Å². The first-order valence-corrected chi connectivity index (χ1v) is 10.8. The lowest BCUT2D eigenvalue weighted by atomic mass is 10.00. The summed E-state index contributed by atoms with van der Waals surface area (Å²) in [5.41, 5.74) is 1.30. The first kappa shape index (κ1) is 23.3. The average molecular weight is 465 g/mol. The highest BCUT2D eigenvalue weighted by atomic mass is 16.5. The molecule has 0 unspecified atom stereocenters. The minimum absolute atomic E-state index is 0.0910. The minimum atomic E-state index is -0.681. The number of hydrogen-bond acceptors (Lipinski definition) is 7. The van der Waals surface area contributed by atoms with Gasteiger partial charge in [0, 0.05) is 18.1 Å². The Morgan fingerprint density at radius 1 is 1.21 bits per heavy atom. The van der Waals surface area contributed by atoms with Crippen LogP contribution in [0.25, 0.3) is 22.1 Å². The number of phenols is 1. The van der Waals surface area contributed by atoms with Gasteiger partial charge in [-0.05, 0) is 50.1 Å². The highest BCUT2D eigenvalue weighted by Crippen LogP contribution is 2.44. The van der Waals surface area contributed by atoms with Gasteiger partial charge in [-0.25, -0.2) is 0 Å². The number of benzene rings is 2. The fraction of sp³-hybridized carbons (Fsp3) is 0.296. The predicted octanol–water partition coefficient (Wildman–Crippen LogP) is 5.41. The number of aromatic hydroxyl groups is 1. The third kappa shape index (κ3) is 3.87. The maximum absolute atomic E-state index is 13.5. The molecule has 4 rings (SSSR count). The zero-order chi connectivity index (χ0) is 24.8. The molecule has 3 aromatic rings. The van der Waals surface area contributed by atoms with E-state index in [1.807, 2.05) is 20.8 Å². The molecule has 0 aliphatic carbocycles. The van der Waals surface area contributed by atoms with Gasteiger partial charge >= 0.3 is 0 Å². The lowest BCUT2D eigenvalue weighted by Crippen LogP contribution is -2.25. The summed E-state index contributed by atoms with van der Waals surface area (Å²) in [4.78, 5) is 13.5. The van der Waals surface area contributed by atoms with Crippen molar-refractivity contribution in [1.29, 1.82) is 0 Å². The second kappa shape index (κ2) is 8.48. The fourth-order valence-electron chi connectivity index (χ4n) is 3.88. The molecule has 0 amide bonds. The number of phenolic OH excluding ortho intramolecular Hbond substituents is 1. The SMILES string of the molecule is C=CC(C)(C)Oc1c(OC)cc(-c2coc3cc4c(c(O)c3c2=O)C[C@@H](C(=C)C)O4)cc1OC. The molecule has 7 nitrogen and oxygen atoms in total. The molecule has 2 heterocycles. The van der Waals surface area contributed by atoms with E-state index >= 15 is 0 Å². The van der Waals surface area contributed by atoms with Crippen LogP contribution in [0.15, 0.2) is 58.5 Å². The molecular formula is C27H28O7. The van der Waals surface area contributed by atoms with Crippen LogP contribution in [0.2, 0.25) is 0 Å². The average Bonchev–Trinajstić information content (AvgIpc) is 3.24. The molecule has 1 aliphatic heterocycles. The van der Waals surface area contributed by atoms with Gasteiger partial charge in [-0.1, -0.05) is 13.2 Å². The van der Waals surface area contributed by atoms with Crippen LogP contribution in [0.3, 0.4) is 0 Å². The number of methoxy groups -OCH3 is 2. The van der Waals surface area contributed by atoms with Crippen molar-refractivity contribution < 1.29 is 28.5 Å². The number of rotatable bonds is 7. The third-order valence-corrected chi connectivity index (χ3v) is 5.94. The van der Waals surface area contributed by atoms with E-state index in [2.05, 4.69) is 13.2 Å².